The van der Waals surface area contributed by atoms with E-state index in [1.54, 1.807) is 19.1 Å². The summed E-state index contributed by atoms with van der Waals surface area (Å²) in [5, 5.41) is 14.5. The molecule has 1 aromatic carbocycles. The summed E-state index contributed by atoms with van der Waals surface area (Å²) in [6, 6.07) is 4.78. The van der Waals surface area contributed by atoms with Gasteiger partial charge >= 0.3 is 6.18 Å². The van der Waals surface area contributed by atoms with E-state index in [0.717, 1.165) is 4.68 Å². The molecule has 11 heteroatoms. The van der Waals surface area contributed by atoms with Crippen molar-refractivity contribution in [1.29, 1.82) is 0 Å². The maximum Gasteiger partial charge on any atom is 0.420 e. The lowest BCUT2D eigenvalue weighted by atomic mass is 10.0. The predicted octanol–water partition coefficient (Wildman–Crippen LogP) is 1.72. The number of aromatic nitrogens is 2. The number of ether oxygens (including phenoxy) is 1. The van der Waals surface area contributed by atoms with Gasteiger partial charge in [-0.05, 0) is 25.2 Å². The van der Waals surface area contributed by atoms with E-state index in [9.17, 15) is 23.1 Å². The van der Waals surface area contributed by atoms with Gasteiger partial charge < -0.3 is 25.3 Å². The van der Waals surface area contributed by atoms with Crippen molar-refractivity contribution in [3.05, 3.63) is 40.7 Å². The average Bonchev–Trinajstić information content (AvgIpc) is 3.30. The van der Waals surface area contributed by atoms with Crippen LogP contribution in [0.4, 0.5) is 13.2 Å². The van der Waals surface area contributed by atoms with E-state index < -0.39 is 34.9 Å². The Morgan fingerprint density at radius 2 is 2.09 bits per heavy atom. The van der Waals surface area contributed by atoms with E-state index in [0.29, 0.717) is 30.8 Å². The molecule has 1 fully saturated rings. The molecule has 2 aliphatic rings. The number of nitrogens with two attached hydrogens (primary N) is 1. The van der Waals surface area contributed by atoms with Crippen LogP contribution in [0, 0.1) is 11.8 Å². The van der Waals surface area contributed by atoms with E-state index >= 15 is 0 Å². The Morgan fingerprint density at radius 1 is 1.39 bits per heavy atom. The van der Waals surface area contributed by atoms with Crippen molar-refractivity contribution >= 4 is 12.7 Å². The zero-order valence-corrected chi connectivity index (χ0v) is 18.1. The summed E-state index contributed by atoms with van der Waals surface area (Å²) in [6.45, 7) is 4.66. The molecule has 0 aliphatic carbocycles. The third-order valence-corrected chi connectivity index (χ3v) is 5.46. The number of β-amino-alcohol motifs (C(OH)–C–C–N with tert-alkyl or cyclic N) is 1. The molecule has 0 saturated carbocycles. The van der Waals surface area contributed by atoms with Crippen LogP contribution in [0.1, 0.15) is 46.6 Å². The van der Waals surface area contributed by atoms with Crippen LogP contribution in [0.5, 0.6) is 5.75 Å². The van der Waals surface area contributed by atoms with E-state index in [1.165, 1.54) is 6.07 Å². The Morgan fingerprint density at radius 3 is 2.67 bits per heavy atom. The Labute approximate surface area is 188 Å². The third kappa shape index (κ3) is 4.72. The maximum atomic E-state index is 13.8. The van der Waals surface area contributed by atoms with Crippen LogP contribution < -0.4 is 10.5 Å². The maximum absolute atomic E-state index is 13.8. The molecule has 0 bridgehead atoms. The molecule has 33 heavy (non-hydrogen) atoms. The highest BCUT2D eigenvalue weighted by atomic mass is 19.4. The molecule has 176 valence electrons. The zero-order chi connectivity index (χ0) is 24.6. The van der Waals surface area contributed by atoms with Crippen LogP contribution in [0.3, 0.4) is 0 Å². The highest BCUT2D eigenvalue weighted by Crippen LogP contribution is 2.41. The summed E-state index contributed by atoms with van der Waals surface area (Å²) in [4.78, 5) is 21.7. The van der Waals surface area contributed by atoms with Crippen LogP contribution in [0.2, 0.25) is 0 Å². The second-order valence-electron chi connectivity index (χ2n) is 8.05. The third-order valence-electron chi connectivity index (χ3n) is 5.46. The van der Waals surface area contributed by atoms with Crippen molar-refractivity contribution in [2.75, 3.05) is 26.7 Å². The topological polar surface area (TPSA) is 111 Å². The minimum atomic E-state index is -4.81. The lowest BCUT2D eigenvalue weighted by Gasteiger charge is -2.14. The SMILES string of the molecule is C=O.C[C@H]1COc2ccc(C#C[C@]3(O)CCN(C)C3)cc2-n2nc(C(N)=O)c(C(F)(F)F)c21. The van der Waals surface area contributed by atoms with Gasteiger partial charge in [-0.2, -0.15) is 18.3 Å². The first kappa shape index (κ1) is 24.3. The van der Waals surface area contributed by atoms with Crippen molar-refractivity contribution in [2.24, 2.45) is 5.73 Å². The van der Waals surface area contributed by atoms with Crippen LogP contribution in [0.15, 0.2) is 18.2 Å². The van der Waals surface area contributed by atoms with Gasteiger partial charge in [0.2, 0.25) is 0 Å². The smallest absolute Gasteiger partial charge is 0.420 e. The number of alkyl halides is 3. The quantitative estimate of drug-likeness (QED) is 0.622. The number of primary amides is 1. The first-order valence-corrected chi connectivity index (χ1v) is 9.98. The van der Waals surface area contributed by atoms with Gasteiger partial charge in [0.25, 0.3) is 5.91 Å². The van der Waals surface area contributed by atoms with Crippen LogP contribution in [0.25, 0.3) is 5.69 Å². The Balaban J connectivity index is 0.00000149. The second kappa shape index (κ2) is 8.88. The molecule has 1 amide bonds. The lowest BCUT2D eigenvalue weighted by molar-refractivity contribution is -0.138. The van der Waals surface area contributed by atoms with Crippen LogP contribution >= 0.6 is 0 Å². The molecule has 0 radical (unpaired) electrons. The Bertz CT molecular complexity index is 1140. The van der Waals surface area contributed by atoms with Gasteiger partial charge in [-0.15, -0.1) is 0 Å². The summed E-state index contributed by atoms with van der Waals surface area (Å²) in [6.07, 6.45) is -4.31. The first-order valence-electron chi connectivity index (χ1n) is 9.98. The summed E-state index contributed by atoms with van der Waals surface area (Å²) in [5.74, 6) is 4.11. The number of aliphatic hydroxyl groups is 1. The second-order valence-corrected chi connectivity index (χ2v) is 8.05. The van der Waals surface area contributed by atoms with Gasteiger partial charge in [-0.25, -0.2) is 4.68 Å². The van der Waals surface area contributed by atoms with Crippen molar-refractivity contribution in [3.8, 4) is 23.3 Å². The first-order chi connectivity index (χ1) is 15.5. The molecule has 2 aliphatic heterocycles. The summed E-state index contributed by atoms with van der Waals surface area (Å²) in [7, 11) is 1.88. The number of halogens is 3. The molecule has 0 unspecified atom stereocenters. The number of fused-ring (bicyclic) bond motifs is 3. The van der Waals surface area contributed by atoms with E-state index in [-0.39, 0.29) is 18.0 Å². The van der Waals surface area contributed by atoms with Gasteiger partial charge in [0.15, 0.2) is 5.69 Å². The number of likely N-dealkylation sites (N-methyl/N-ethyl adjacent to an activating group) is 1. The number of rotatable bonds is 1. The molecular formula is C22H23F3N4O4. The van der Waals surface area contributed by atoms with E-state index in [1.807, 2.05) is 18.7 Å². The fraction of sp³-hybridized carbons (Fsp3) is 0.409. The summed E-state index contributed by atoms with van der Waals surface area (Å²) in [5.41, 5.74) is 2.57. The molecular weight excluding hydrogens is 441 g/mol. The number of carbonyl (C=O) groups is 2. The monoisotopic (exact) mass is 464 g/mol. The fourth-order valence-corrected chi connectivity index (χ4v) is 3.97. The molecule has 4 rings (SSSR count). The molecule has 3 heterocycles. The van der Waals surface area contributed by atoms with Gasteiger partial charge in [-0.3, -0.25) is 4.79 Å². The molecule has 1 aromatic heterocycles. The van der Waals surface area contributed by atoms with Gasteiger partial charge in [0.1, 0.15) is 29.4 Å². The zero-order valence-electron chi connectivity index (χ0n) is 18.1. The van der Waals surface area contributed by atoms with Gasteiger partial charge in [0.05, 0.1) is 12.3 Å². The molecule has 8 nitrogen and oxygen atoms in total. The molecule has 1 saturated heterocycles. The number of benzene rings is 1. The normalized spacial score (nSPS) is 21.9. The van der Waals surface area contributed by atoms with Crippen molar-refractivity contribution in [3.63, 3.8) is 0 Å². The molecule has 0 spiro atoms. The van der Waals surface area contributed by atoms with E-state index in [4.69, 9.17) is 15.3 Å². The average molecular weight is 464 g/mol. The largest absolute Gasteiger partial charge is 0.491 e. The Kier molecular flexibility index (Phi) is 6.53. The molecule has 2 aromatic rings. The van der Waals surface area contributed by atoms with Crippen molar-refractivity contribution < 1.29 is 32.6 Å². The number of carbonyl (C=O) groups excluding carboxylic acids is 2. The molecule has 3 N–H and O–H groups in total. The van der Waals surface area contributed by atoms with Gasteiger partial charge in [0, 0.05) is 31.0 Å². The molecule has 2 atom stereocenters. The fourth-order valence-electron chi connectivity index (χ4n) is 3.97. The van der Waals surface area contributed by atoms with Crippen molar-refractivity contribution in [2.45, 2.75) is 31.0 Å². The highest BCUT2D eigenvalue weighted by Gasteiger charge is 2.44. The standard InChI is InChI=1S/C21H21F3N4O3.CH2O/c1-12-10-31-15-4-3-13(5-6-20(30)7-8-27(2)11-20)9-14(15)28-18(12)16(21(22,23)24)17(26-28)19(25)29;1-2/h3-4,9,12,30H,7-8,10-11H2,1-2H3,(H2,25,29);1H2/t12-,20-;/m0./s1. The number of hydrogen-bond acceptors (Lipinski definition) is 6. The number of hydrogen-bond donors (Lipinski definition) is 2. The minimum absolute atomic E-state index is 0.0307. The minimum Gasteiger partial charge on any atom is -0.491 e. The summed E-state index contributed by atoms with van der Waals surface area (Å²) >= 11 is 0. The van der Waals surface area contributed by atoms with Crippen LogP contribution in [-0.2, 0) is 11.0 Å². The Hall–Kier alpha value is -3.36. The van der Waals surface area contributed by atoms with Crippen LogP contribution in [-0.4, -0.2) is 64.8 Å². The number of nitrogens with zero attached hydrogens (tertiary/aromatic N) is 3. The number of likely N-dealkylation sites (tertiary alicyclic amines) is 1. The van der Waals surface area contributed by atoms with Gasteiger partial charge in [-0.1, -0.05) is 18.8 Å². The predicted molar refractivity (Wildman–Crippen MR) is 112 cm³/mol. The van der Waals surface area contributed by atoms with Crippen molar-refractivity contribution in [1.82, 2.24) is 14.7 Å². The van der Waals surface area contributed by atoms with E-state index in [2.05, 4.69) is 16.9 Å². The highest BCUT2D eigenvalue weighted by molar-refractivity contribution is 5.93. The number of amides is 1. The summed E-state index contributed by atoms with van der Waals surface area (Å²) < 4.78 is 48.2. The lowest BCUT2D eigenvalue weighted by Crippen LogP contribution is -2.29.